The molecule has 1 amide bonds. The summed E-state index contributed by atoms with van der Waals surface area (Å²) in [5, 5.41) is 10.9. The summed E-state index contributed by atoms with van der Waals surface area (Å²) in [7, 11) is 3.64. The topological polar surface area (TPSA) is 90.9 Å². The van der Waals surface area contributed by atoms with Crippen molar-refractivity contribution in [3.63, 3.8) is 0 Å². The Morgan fingerprint density at radius 2 is 2.27 bits per heavy atom. The van der Waals surface area contributed by atoms with Crippen LogP contribution in [0.3, 0.4) is 0 Å². The largest absolute Gasteiger partial charge is 0.385 e. The van der Waals surface area contributed by atoms with Crippen molar-refractivity contribution < 1.29 is 9.53 Å². The van der Waals surface area contributed by atoms with Crippen LogP contribution in [0.4, 0.5) is 5.69 Å². The minimum atomic E-state index is -0.164. The van der Waals surface area contributed by atoms with Crippen molar-refractivity contribution in [3.05, 3.63) is 44.9 Å². The molecule has 9 heteroatoms. The van der Waals surface area contributed by atoms with Gasteiger partial charge in [0, 0.05) is 44.5 Å². The van der Waals surface area contributed by atoms with Crippen molar-refractivity contribution in [1.82, 2.24) is 20.9 Å². The van der Waals surface area contributed by atoms with E-state index in [0.29, 0.717) is 24.2 Å². The van der Waals surface area contributed by atoms with Gasteiger partial charge in [0.15, 0.2) is 5.01 Å². The second-order valence-corrected chi connectivity index (χ2v) is 8.57. The average Bonchev–Trinajstić information content (AvgIpc) is 3.35. The van der Waals surface area contributed by atoms with Crippen LogP contribution in [0.25, 0.3) is 5.82 Å². The fraction of sp³-hybridized carbons (Fsp3) is 0.476. The quantitative estimate of drug-likeness (QED) is 0.563. The smallest absolute Gasteiger partial charge is 0.280 e. The summed E-state index contributed by atoms with van der Waals surface area (Å²) in [5.41, 5.74) is 2.51. The minimum absolute atomic E-state index is 0.0182. The van der Waals surface area contributed by atoms with E-state index in [1.807, 2.05) is 14.0 Å². The summed E-state index contributed by atoms with van der Waals surface area (Å²) < 4.78 is 5.89. The van der Waals surface area contributed by atoms with E-state index in [1.54, 1.807) is 7.11 Å². The standard InChI is InChI=1S/C21H28N6O2S/c1-13(8-9-29-3)25-19(28)21-26-17-18(23-12-24-20(17)30-21)27-11-14(10-22-2)15-6-4-5-7-16(15)27/h4-7,13-14,22-23H,8-12H2,1-3H3,(H,25,28). The second kappa shape index (κ2) is 9.11. The number of hydrogen-bond acceptors (Lipinski definition) is 8. The fourth-order valence-corrected chi connectivity index (χ4v) is 4.78. The molecule has 30 heavy (non-hydrogen) atoms. The van der Waals surface area contributed by atoms with E-state index in [4.69, 9.17) is 4.74 Å². The highest BCUT2D eigenvalue weighted by Crippen LogP contribution is 2.37. The Kier molecular flexibility index (Phi) is 6.31. The zero-order valence-corrected chi connectivity index (χ0v) is 18.4. The van der Waals surface area contributed by atoms with Gasteiger partial charge >= 0.3 is 0 Å². The van der Waals surface area contributed by atoms with Gasteiger partial charge < -0.3 is 25.6 Å². The van der Waals surface area contributed by atoms with E-state index >= 15 is 0 Å². The second-order valence-electron chi connectivity index (χ2n) is 7.59. The Labute approximate surface area is 180 Å². The van der Waals surface area contributed by atoms with E-state index in [-0.39, 0.29) is 11.9 Å². The summed E-state index contributed by atoms with van der Waals surface area (Å²) >= 11 is 1.34. The lowest BCUT2D eigenvalue weighted by atomic mass is 10.0. The van der Waals surface area contributed by atoms with E-state index in [9.17, 15) is 4.79 Å². The summed E-state index contributed by atoms with van der Waals surface area (Å²) in [4.78, 5) is 24.2. The third-order valence-corrected chi connectivity index (χ3v) is 6.41. The van der Waals surface area contributed by atoms with Crippen molar-refractivity contribution in [2.75, 3.05) is 45.4 Å². The van der Waals surface area contributed by atoms with Crippen LogP contribution in [0.5, 0.6) is 0 Å². The van der Waals surface area contributed by atoms with Gasteiger partial charge in [-0.05, 0) is 32.0 Å². The molecule has 2 atom stereocenters. The number of fused-ring (bicyclic) bond motifs is 2. The van der Waals surface area contributed by atoms with Crippen LogP contribution in [0.2, 0.25) is 0 Å². The molecule has 4 rings (SSSR count). The highest BCUT2D eigenvalue weighted by Gasteiger charge is 2.31. The van der Waals surface area contributed by atoms with Gasteiger partial charge in [-0.1, -0.05) is 29.5 Å². The molecule has 3 heterocycles. The third kappa shape index (κ3) is 4.05. The van der Waals surface area contributed by atoms with Crippen molar-refractivity contribution in [3.8, 4) is 0 Å². The van der Waals surface area contributed by atoms with Crippen LogP contribution in [0.1, 0.15) is 34.6 Å². The summed E-state index contributed by atoms with van der Waals surface area (Å²) in [6.45, 7) is 4.81. The van der Waals surface area contributed by atoms with Crippen molar-refractivity contribution in [2.24, 2.45) is 4.99 Å². The number of likely N-dealkylation sites (N-methyl/N-ethyl adjacent to an activating group) is 1. The molecule has 3 N–H and O–H groups in total. The predicted octanol–water partition coefficient (Wildman–Crippen LogP) is 0.367. The van der Waals surface area contributed by atoms with Crippen LogP contribution in [-0.4, -0.2) is 57.5 Å². The Morgan fingerprint density at radius 1 is 1.43 bits per heavy atom. The summed E-state index contributed by atoms with van der Waals surface area (Å²) in [6, 6.07) is 8.49. The maximum absolute atomic E-state index is 12.7. The van der Waals surface area contributed by atoms with E-state index in [2.05, 4.69) is 55.1 Å². The molecule has 0 saturated heterocycles. The first kappa shape index (κ1) is 20.8. The van der Waals surface area contributed by atoms with Gasteiger partial charge in [-0.2, -0.15) is 0 Å². The molecule has 0 aliphatic carbocycles. The van der Waals surface area contributed by atoms with Crippen LogP contribution in [-0.2, 0) is 4.74 Å². The number of para-hydroxylation sites is 1. The molecule has 0 radical (unpaired) electrons. The number of ether oxygens (including phenoxy) is 1. The predicted molar refractivity (Wildman–Crippen MR) is 118 cm³/mol. The number of amides is 1. The van der Waals surface area contributed by atoms with Crippen molar-refractivity contribution >= 4 is 28.8 Å². The van der Waals surface area contributed by atoms with E-state index < -0.39 is 0 Å². The third-order valence-electron chi connectivity index (χ3n) is 5.42. The number of methoxy groups -OCH3 is 1. The zero-order chi connectivity index (χ0) is 21.1. The molecule has 2 aliphatic rings. The fourth-order valence-electron chi connectivity index (χ4n) is 3.94. The molecule has 0 saturated carbocycles. The normalized spacial score (nSPS) is 18.3. The highest BCUT2D eigenvalue weighted by molar-refractivity contribution is 7.11. The zero-order valence-electron chi connectivity index (χ0n) is 17.6. The molecule has 8 nitrogen and oxygen atoms in total. The highest BCUT2D eigenvalue weighted by atomic mass is 32.1. The lowest BCUT2D eigenvalue weighted by Crippen LogP contribution is -2.44. The number of thiazole rings is 1. The van der Waals surface area contributed by atoms with Gasteiger partial charge in [-0.3, -0.25) is 9.79 Å². The van der Waals surface area contributed by atoms with Crippen LogP contribution < -0.4 is 30.9 Å². The van der Waals surface area contributed by atoms with Gasteiger partial charge in [-0.25, -0.2) is 4.98 Å². The van der Waals surface area contributed by atoms with Crippen LogP contribution >= 0.6 is 11.3 Å². The Balaban J connectivity index is 1.66. The maximum Gasteiger partial charge on any atom is 0.280 e. The Bertz CT molecular complexity index is 1040. The number of carbonyl (C=O) groups is 1. The molecule has 160 valence electrons. The Hall–Kier alpha value is -2.49. The van der Waals surface area contributed by atoms with Crippen molar-refractivity contribution in [2.45, 2.75) is 25.3 Å². The lowest BCUT2D eigenvalue weighted by Gasteiger charge is -2.24. The number of carbonyl (C=O) groups excluding carboxylic acids is 1. The first-order valence-corrected chi connectivity index (χ1v) is 11.0. The van der Waals surface area contributed by atoms with Gasteiger partial charge in [-0.15, -0.1) is 0 Å². The molecule has 2 unspecified atom stereocenters. The van der Waals surface area contributed by atoms with E-state index in [1.165, 1.54) is 22.6 Å². The van der Waals surface area contributed by atoms with E-state index in [0.717, 1.165) is 35.4 Å². The molecule has 2 aromatic rings. The summed E-state index contributed by atoms with van der Waals surface area (Å²) in [6.07, 6.45) is 0.758. The molecular weight excluding hydrogens is 400 g/mol. The average molecular weight is 429 g/mol. The first-order chi connectivity index (χ1) is 14.6. The molecule has 0 fully saturated rings. The van der Waals surface area contributed by atoms with Crippen molar-refractivity contribution in [1.29, 1.82) is 0 Å². The lowest BCUT2D eigenvalue weighted by molar-refractivity contribution is 0.0929. The molecular formula is C21H28N6O2S. The van der Waals surface area contributed by atoms with Crippen LogP contribution in [0.15, 0.2) is 29.3 Å². The monoisotopic (exact) mass is 428 g/mol. The summed E-state index contributed by atoms with van der Waals surface area (Å²) in [5.74, 6) is 1.15. The number of anilines is 1. The van der Waals surface area contributed by atoms with Gasteiger partial charge in [0.25, 0.3) is 5.91 Å². The molecule has 0 bridgehead atoms. The molecule has 1 aromatic heterocycles. The SMILES string of the molecule is CNCC1CN(C2=c3nc(C(=O)NC(C)CCOC)sc3=NCN2)c2ccccc21. The number of rotatable bonds is 8. The van der Waals surface area contributed by atoms with Gasteiger partial charge in [0.05, 0.1) is 0 Å². The molecule has 2 aliphatic heterocycles. The minimum Gasteiger partial charge on any atom is -0.385 e. The number of nitrogens with zero attached hydrogens (tertiary/aromatic N) is 3. The molecule has 1 aromatic carbocycles. The maximum atomic E-state index is 12.7. The molecule has 0 spiro atoms. The van der Waals surface area contributed by atoms with Gasteiger partial charge in [0.1, 0.15) is 22.5 Å². The van der Waals surface area contributed by atoms with Crippen LogP contribution in [0, 0.1) is 0 Å². The Morgan fingerprint density at radius 3 is 3.07 bits per heavy atom. The number of benzene rings is 1. The van der Waals surface area contributed by atoms with Gasteiger partial charge in [0.2, 0.25) is 0 Å². The number of aromatic nitrogens is 1. The number of nitrogens with one attached hydrogen (secondary N) is 3. The first-order valence-electron chi connectivity index (χ1n) is 10.2. The number of hydrogen-bond donors (Lipinski definition) is 3.